The largest absolute Gasteiger partial charge is 0.493 e. The SMILES string of the molecule is CCCCCCCCC(CC)OC(=O)CCCCCCCN(CCCCCCCC(=O)O)CCCN=Cc1[nH]c(=O)[nH]c1O. The number of carbonyl (C=O) groups excluding carboxylic acids is 1. The number of rotatable bonds is 30. The van der Waals surface area contributed by atoms with Crippen molar-refractivity contribution in [2.24, 2.45) is 4.99 Å². The summed E-state index contributed by atoms with van der Waals surface area (Å²) in [6.07, 6.45) is 22.9. The summed E-state index contributed by atoms with van der Waals surface area (Å²) >= 11 is 0. The Labute approximate surface area is 265 Å². The van der Waals surface area contributed by atoms with Gasteiger partial charge in [0.25, 0.3) is 0 Å². The van der Waals surface area contributed by atoms with Gasteiger partial charge in [-0.1, -0.05) is 84.5 Å². The molecule has 4 N–H and O–H groups in total. The van der Waals surface area contributed by atoms with Gasteiger partial charge in [0.15, 0.2) is 0 Å². The molecule has 0 aromatic carbocycles. The zero-order chi connectivity index (χ0) is 32.3. The van der Waals surface area contributed by atoms with E-state index in [1.807, 2.05) is 0 Å². The van der Waals surface area contributed by atoms with E-state index in [0.717, 1.165) is 110 Å². The lowest BCUT2D eigenvalue weighted by molar-refractivity contribution is -0.149. The molecule has 0 aliphatic heterocycles. The molecule has 1 aromatic heterocycles. The van der Waals surface area contributed by atoms with Crippen molar-refractivity contribution in [3.8, 4) is 5.88 Å². The first-order chi connectivity index (χ1) is 21.3. The Morgan fingerprint density at radius 2 is 1.36 bits per heavy atom. The number of aliphatic imine (C=N–C) groups is 1. The van der Waals surface area contributed by atoms with Crippen molar-refractivity contribution in [1.29, 1.82) is 0 Å². The lowest BCUT2D eigenvalue weighted by Gasteiger charge is -2.22. The first kappa shape index (κ1) is 39.4. The average molecular weight is 623 g/mol. The molecule has 0 aliphatic carbocycles. The number of carboxylic acids is 1. The lowest BCUT2D eigenvalue weighted by Crippen LogP contribution is -2.27. The molecule has 10 heteroatoms. The number of H-pyrrole nitrogens is 2. The lowest BCUT2D eigenvalue weighted by atomic mass is 10.1. The summed E-state index contributed by atoms with van der Waals surface area (Å²) < 4.78 is 5.74. The molecule has 254 valence electrons. The standard InChI is InChI=1S/C34H62N4O6/c1-3-5-6-7-10-15-21-29(4-2)44-32(41)23-17-12-9-14-19-26-38(25-18-13-8-11-16-22-31(39)40)27-20-24-35-28-30-33(42)37-34(43)36-30/h28-29,42H,3-27H2,1-2H3,(H,39,40)(H2,36,37,43). The van der Waals surface area contributed by atoms with Crippen molar-refractivity contribution in [2.45, 2.75) is 155 Å². The molecule has 1 aromatic rings. The topological polar surface area (TPSA) is 148 Å². The summed E-state index contributed by atoms with van der Waals surface area (Å²) in [5.74, 6) is -0.965. The Morgan fingerprint density at radius 3 is 1.95 bits per heavy atom. The van der Waals surface area contributed by atoms with Gasteiger partial charge in [-0.25, -0.2) is 4.79 Å². The highest BCUT2D eigenvalue weighted by Crippen LogP contribution is 2.15. The maximum absolute atomic E-state index is 12.3. The van der Waals surface area contributed by atoms with Crippen molar-refractivity contribution in [2.75, 3.05) is 26.2 Å². The smallest absolute Gasteiger partial charge is 0.326 e. The second-order valence-electron chi connectivity index (χ2n) is 12.1. The molecule has 1 heterocycles. The fourth-order valence-electron chi connectivity index (χ4n) is 5.38. The van der Waals surface area contributed by atoms with Gasteiger partial charge in [-0.05, 0) is 71.0 Å². The molecule has 44 heavy (non-hydrogen) atoms. The number of carbonyl (C=O) groups is 2. The van der Waals surface area contributed by atoms with Crippen LogP contribution < -0.4 is 5.69 Å². The third kappa shape index (κ3) is 22.0. The van der Waals surface area contributed by atoms with E-state index in [4.69, 9.17) is 9.84 Å². The van der Waals surface area contributed by atoms with E-state index in [9.17, 15) is 19.5 Å². The Kier molecular flexibility index (Phi) is 24.0. The molecule has 0 fully saturated rings. The molecular formula is C34H62N4O6. The molecule has 10 nitrogen and oxygen atoms in total. The number of imidazole rings is 1. The zero-order valence-corrected chi connectivity index (χ0v) is 27.8. The van der Waals surface area contributed by atoms with E-state index in [1.165, 1.54) is 38.3 Å². The Morgan fingerprint density at radius 1 is 0.795 bits per heavy atom. The minimum atomic E-state index is -0.722. The predicted molar refractivity (Wildman–Crippen MR) is 178 cm³/mol. The van der Waals surface area contributed by atoms with E-state index < -0.39 is 11.7 Å². The van der Waals surface area contributed by atoms with Crippen LogP contribution in [0.15, 0.2) is 9.79 Å². The van der Waals surface area contributed by atoms with Crippen molar-refractivity contribution < 1.29 is 24.5 Å². The van der Waals surface area contributed by atoms with Crippen LogP contribution in [-0.2, 0) is 14.3 Å². The molecule has 0 bridgehead atoms. The van der Waals surface area contributed by atoms with E-state index in [-0.39, 0.29) is 24.4 Å². The van der Waals surface area contributed by atoms with Gasteiger partial charge < -0.3 is 24.8 Å². The van der Waals surface area contributed by atoms with E-state index in [2.05, 4.69) is 33.7 Å². The van der Waals surface area contributed by atoms with E-state index in [0.29, 0.717) is 18.7 Å². The van der Waals surface area contributed by atoms with Gasteiger partial charge >= 0.3 is 17.6 Å². The van der Waals surface area contributed by atoms with Crippen LogP contribution in [0.3, 0.4) is 0 Å². The van der Waals surface area contributed by atoms with Crippen molar-refractivity contribution in [3.63, 3.8) is 0 Å². The van der Waals surface area contributed by atoms with Gasteiger partial charge in [-0.2, -0.15) is 0 Å². The normalized spacial score (nSPS) is 12.3. The minimum absolute atomic E-state index is 0.0438. The van der Waals surface area contributed by atoms with E-state index in [1.54, 1.807) is 0 Å². The fourth-order valence-corrected chi connectivity index (χ4v) is 5.38. The molecule has 1 atom stereocenters. The predicted octanol–water partition coefficient (Wildman–Crippen LogP) is 7.36. The van der Waals surface area contributed by atoms with Gasteiger partial charge in [0.05, 0.1) is 6.21 Å². The van der Waals surface area contributed by atoms with Crippen LogP contribution in [0.1, 0.15) is 154 Å². The number of aromatic nitrogens is 2. The molecule has 1 rings (SSSR count). The number of aliphatic carboxylic acids is 1. The van der Waals surface area contributed by atoms with Crippen LogP contribution >= 0.6 is 0 Å². The number of ether oxygens (including phenoxy) is 1. The molecule has 0 radical (unpaired) electrons. The van der Waals surface area contributed by atoms with Crippen LogP contribution in [0.25, 0.3) is 0 Å². The monoisotopic (exact) mass is 622 g/mol. The number of unbranched alkanes of at least 4 members (excludes halogenated alkanes) is 13. The summed E-state index contributed by atoms with van der Waals surface area (Å²) in [6, 6.07) is 0. The highest BCUT2D eigenvalue weighted by molar-refractivity contribution is 5.79. The van der Waals surface area contributed by atoms with Gasteiger partial charge in [0, 0.05) is 19.4 Å². The highest BCUT2D eigenvalue weighted by Gasteiger charge is 2.12. The summed E-state index contributed by atoms with van der Waals surface area (Å²) in [5.41, 5.74) is -0.164. The quantitative estimate of drug-likeness (QED) is 0.0398. The molecular weight excluding hydrogens is 560 g/mol. The van der Waals surface area contributed by atoms with Crippen molar-refractivity contribution in [1.82, 2.24) is 14.9 Å². The maximum atomic E-state index is 12.3. The summed E-state index contributed by atoms with van der Waals surface area (Å²) in [4.78, 5) is 45.9. The summed E-state index contributed by atoms with van der Waals surface area (Å²) in [6.45, 7) is 7.90. The van der Waals surface area contributed by atoms with Gasteiger partial charge in [-0.3, -0.25) is 19.6 Å². The van der Waals surface area contributed by atoms with Crippen LogP contribution in [-0.4, -0.2) is 75.5 Å². The zero-order valence-electron chi connectivity index (χ0n) is 27.8. The number of aromatic amines is 2. The number of carboxylic acid groups (broad SMARTS) is 1. The maximum Gasteiger partial charge on any atom is 0.326 e. The van der Waals surface area contributed by atoms with Gasteiger partial charge in [0.1, 0.15) is 11.8 Å². The number of nitrogens with zero attached hydrogens (tertiary/aromatic N) is 2. The molecule has 0 aliphatic rings. The Bertz CT molecular complexity index is 944. The Hall–Kier alpha value is -2.62. The summed E-state index contributed by atoms with van der Waals surface area (Å²) in [5, 5.41) is 18.4. The van der Waals surface area contributed by atoms with Crippen LogP contribution in [0.4, 0.5) is 0 Å². The number of hydrogen-bond donors (Lipinski definition) is 4. The van der Waals surface area contributed by atoms with Gasteiger partial charge in [0.2, 0.25) is 5.88 Å². The van der Waals surface area contributed by atoms with Crippen LogP contribution in [0, 0.1) is 0 Å². The molecule has 1 unspecified atom stereocenters. The third-order valence-electron chi connectivity index (χ3n) is 8.07. The van der Waals surface area contributed by atoms with E-state index >= 15 is 0 Å². The van der Waals surface area contributed by atoms with Crippen molar-refractivity contribution in [3.05, 3.63) is 16.2 Å². The second kappa shape index (κ2) is 26.8. The minimum Gasteiger partial charge on any atom is -0.493 e. The first-order valence-electron chi connectivity index (χ1n) is 17.5. The first-order valence-corrected chi connectivity index (χ1v) is 17.5. The fraction of sp³-hybridized carbons (Fsp3) is 0.824. The Balaban J connectivity index is 2.26. The van der Waals surface area contributed by atoms with Crippen molar-refractivity contribution >= 4 is 18.2 Å². The van der Waals surface area contributed by atoms with Crippen LogP contribution in [0.2, 0.25) is 0 Å². The molecule has 0 saturated carbocycles. The second-order valence-corrected chi connectivity index (χ2v) is 12.1. The molecule has 0 amide bonds. The number of nitrogens with one attached hydrogen (secondary N) is 2. The van der Waals surface area contributed by atoms with Gasteiger partial charge in [-0.15, -0.1) is 0 Å². The highest BCUT2D eigenvalue weighted by atomic mass is 16.5. The molecule has 0 saturated heterocycles. The summed E-state index contributed by atoms with van der Waals surface area (Å²) in [7, 11) is 0. The number of aromatic hydroxyl groups is 1. The average Bonchev–Trinajstić information content (AvgIpc) is 3.32. The molecule has 0 spiro atoms. The number of esters is 1. The third-order valence-corrected chi connectivity index (χ3v) is 8.07. The number of hydrogen-bond acceptors (Lipinski definition) is 7. The van der Waals surface area contributed by atoms with Crippen LogP contribution in [0.5, 0.6) is 5.88 Å².